The van der Waals surface area contributed by atoms with Crippen LogP contribution in [0.3, 0.4) is 0 Å². The summed E-state index contributed by atoms with van der Waals surface area (Å²) >= 11 is 0. The summed E-state index contributed by atoms with van der Waals surface area (Å²) < 4.78 is 43.4. The topological polar surface area (TPSA) is 88.5 Å². The number of halogens is 3. The first kappa shape index (κ1) is 18.2. The van der Waals surface area contributed by atoms with Crippen LogP contribution in [-0.2, 0) is 15.7 Å². The van der Waals surface area contributed by atoms with Crippen LogP contribution in [0.15, 0.2) is 12.3 Å². The minimum Gasteiger partial charge on any atom is -0.493 e. The summed E-state index contributed by atoms with van der Waals surface area (Å²) in [7, 11) is 0. The predicted molar refractivity (Wildman–Crippen MR) is 76.4 cm³/mol. The first-order chi connectivity index (χ1) is 11.2. The summed E-state index contributed by atoms with van der Waals surface area (Å²) in [6.45, 7) is 1.88. The van der Waals surface area contributed by atoms with Gasteiger partial charge in [0.25, 0.3) is 0 Å². The number of rotatable bonds is 7. The number of aromatic nitrogens is 1. The van der Waals surface area contributed by atoms with E-state index in [4.69, 9.17) is 4.74 Å². The van der Waals surface area contributed by atoms with Gasteiger partial charge in [-0.1, -0.05) is 6.92 Å². The monoisotopic (exact) mass is 346 g/mol. The Hall–Kier alpha value is -2.16. The average Bonchev–Trinajstić information content (AvgIpc) is 3.33. The molecule has 0 radical (unpaired) electrons. The van der Waals surface area contributed by atoms with Crippen molar-refractivity contribution in [1.29, 1.82) is 0 Å². The molecule has 0 spiro atoms. The number of Topliss-reactive ketones (excluding diaryl/α,β-unsaturated/α-hetero) is 1. The Balaban J connectivity index is 2.26. The lowest BCUT2D eigenvalue weighted by Crippen LogP contribution is -2.45. The second kappa shape index (κ2) is 7.16. The molecule has 0 saturated heterocycles. The van der Waals surface area contributed by atoms with Crippen molar-refractivity contribution in [2.24, 2.45) is 0 Å². The molecule has 1 aromatic heterocycles. The van der Waals surface area contributed by atoms with Crippen molar-refractivity contribution in [3.63, 3.8) is 0 Å². The van der Waals surface area contributed by atoms with Crippen LogP contribution in [0.2, 0.25) is 0 Å². The number of hydrogen-bond acceptors (Lipinski definition) is 6. The van der Waals surface area contributed by atoms with Gasteiger partial charge in [-0.05, 0) is 25.3 Å². The minimum atomic E-state index is -4.87. The number of nitrogens with zero attached hydrogens (tertiary/aromatic N) is 1. The third-order valence-electron chi connectivity index (χ3n) is 3.38. The van der Waals surface area contributed by atoms with Crippen molar-refractivity contribution >= 4 is 11.8 Å². The molecule has 9 heteroatoms. The fourth-order valence-electron chi connectivity index (χ4n) is 1.99. The van der Waals surface area contributed by atoms with Gasteiger partial charge in [0.05, 0.1) is 6.61 Å². The van der Waals surface area contributed by atoms with Crippen LogP contribution in [0.25, 0.3) is 0 Å². The number of carbonyl (C=O) groups is 2. The Morgan fingerprint density at radius 2 is 2.12 bits per heavy atom. The summed E-state index contributed by atoms with van der Waals surface area (Å²) in [4.78, 5) is 27.7. The lowest BCUT2D eigenvalue weighted by molar-refractivity contribution is -0.144. The molecule has 24 heavy (non-hydrogen) atoms. The number of ether oxygens (including phenoxy) is 1. The van der Waals surface area contributed by atoms with Gasteiger partial charge in [-0.2, -0.15) is 13.2 Å². The number of hydrogen-bond donors (Lipinski definition) is 2. The van der Waals surface area contributed by atoms with Gasteiger partial charge in [-0.25, -0.2) is 9.78 Å². The summed E-state index contributed by atoms with van der Waals surface area (Å²) in [6, 6.07) is -0.948. The molecular weight excluding hydrogens is 329 g/mol. The third kappa shape index (κ3) is 4.44. The van der Waals surface area contributed by atoms with Gasteiger partial charge < -0.3 is 9.84 Å². The van der Waals surface area contributed by atoms with E-state index in [9.17, 15) is 27.9 Å². The highest BCUT2D eigenvalue weighted by molar-refractivity contribution is 6.12. The molecule has 1 aromatic rings. The second-order valence-electron chi connectivity index (χ2n) is 5.50. The molecule has 1 aliphatic rings. The molecular formula is C15H17F3N2O4. The minimum absolute atomic E-state index is 0.0414. The standard InChI is InChI=1S/C15H17F3N2O4/c1-2-5-24-14(23)11(20-9-3-4-9)12(21)8-6-10(15(16,17)18)13(22)19-7-8/h6-7,9,11,20H,2-5H2,1H3,(H,19,22). The molecule has 1 fully saturated rings. The van der Waals surface area contributed by atoms with Gasteiger partial charge in [0.1, 0.15) is 5.56 Å². The Labute approximate surface area is 136 Å². The molecule has 1 aliphatic carbocycles. The van der Waals surface area contributed by atoms with Crippen molar-refractivity contribution in [1.82, 2.24) is 10.3 Å². The smallest absolute Gasteiger partial charge is 0.421 e. The Morgan fingerprint density at radius 1 is 1.46 bits per heavy atom. The quantitative estimate of drug-likeness (QED) is 0.446. The number of nitrogens with one attached hydrogen (secondary N) is 1. The van der Waals surface area contributed by atoms with Crippen molar-refractivity contribution in [2.45, 2.75) is 44.4 Å². The van der Waals surface area contributed by atoms with Crippen molar-refractivity contribution < 1.29 is 32.6 Å². The highest BCUT2D eigenvalue weighted by atomic mass is 19.4. The SMILES string of the molecule is CCCOC(=O)C(NC1CC1)C(=O)c1cnc(O)c(C(F)(F)F)c1. The third-order valence-corrected chi connectivity index (χ3v) is 3.38. The second-order valence-corrected chi connectivity index (χ2v) is 5.50. The molecule has 2 rings (SSSR count). The van der Waals surface area contributed by atoms with E-state index in [1.807, 2.05) is 0 Å². The first-order valence-electron chi connectivity index (χ1n) is 7.47. The van der Waals surface area contributed by atoms with Crippen LogP contribution in [0.1, 0.15) is 42.1 Å². The van der Waals surface area contributed by atoms with E-state index in [1.165, 1.54) is 0 Å². The maximum atomic E-state index is 12.8. The molecule has 0 bridgehead atoms. The number of alkyl halides is 3. The van der Waals surface area contributed by atoms with E-state index >= 15 is 0 Å². The Morgan fingerprint density at radius 3 is 2.67 bits per heavy atom. The van der Waals surface area contributed by atoms with Crippen molar-refractivity contribution in [3.05, 3.63) is 23.4 Å². The van der Waals surface area contributed by atoms with Crippen LogP contribution in [0.4, 0.5) is 13.2 Å². The zero-order valence-electron chi connectivity index (χ0n) is 12.9. The van der Waals surface area contributed by atoms with Crippen molar-refractivity contribution in [2.75, 3.05) is 6.61 Å². The number of pyridine rings is 1. The highest BCUT2D eigenvalue weighted by Crippen LogP contribution is 2.35. The molecule has 2 N–H and O–H groups in total. The van der Waals surface area contributed by atoms with Crippen LogP contribution in [-0.4, -0.2) is 40.5 Å². The van der Waals surface area contributed by atoms with E-state index in [0.29, 0.717) is 12.5 Å². The molecule has 6 nitrogen and oxygen atoms in total. The number of aromatic hydroxyl groups is 1. The summed E-state index contributed by atoms with van der Waals surface area (Å²) in [6.07, 6.45) is -1.97. The van der Waals surface area contributed by atoms with E-state index in [1.54, 1.807) is 6.92 Å². The molecule has 1 saturated carbocycles. The van der Waals surface area contributed by atoms with Crippen LogP contribution >= 0.6 is 0 Å². The Kier molecular flexibility index (Phi) is 5.43. The molecule has 0 amide bonds. The summed E-state index contributed by atoms with van der Waals surface area (Å²) in [5, 5.41) is 12.0. The number of esters is 1. The van der Waals surface area contributed by atoms with Gasteiger partial charge in [0, 0.05) is 17.8 Å². The number of carbonyl (C=O) groups excluding carboxylic acids is 2. The zero-order chi connectivity index (χ0) is 17.9. The molecule has 0 aliphatic heterocycles. The van der Waals surface area contributed by atoms with Gasteiger partial charge >= 0.3 is 12.1 Å². The van der Waals surface area contributed by atoms with E-state index in [-0.39, 0.29) is 12.6 Å². The summed E-state index contributed by atoms with van der Waals surface area (Å²) in [5.74, 6) is -2.93. The average molecular weight is 346 g/mol. The van der Waals surface area contributed by atoms with E-state index < -0.39 is 41.0 Å². The van der Waals surface area contributed by atoms with Crippen LogP contribution in [0, 0.1) is 0 Å². The van der Waals surface area contributed by atoms with Gasteiger partial charge in [-0.3, -0.25) is 10.1 Å². The molecule has 1 unspecified atom stereocenters. The highest BCUT2D eigenvalue weighted by Gasteiger charge is 2.38. The molecule has 1 heterocycles. The lowest BCUT2D eigenvalue weighted by atomic mass is 10.0. The zero-order valence-corrected chi connectivity index (χ0v) is 12.9. The fraction of sp³-hybridized carbons (Fsp3) is 0.533. The van der Waals surface area contributed by atoms with Crippen molar-refractivity contribution in [3.8, 4) is 5.88 Å². The van der Waals surface area contributed by atoms with E-state index in [0.717, 1.165) is 19.0 Å². The maximum Gasteiger partial charge on any atom is 0.421 e. The van der Waals surface area contributed by atoms with Gasteiger partial charge in [0.2, 0.25) is 5.88 Å². The van der Waals surface area contributed by atoms with Crippen LogP contribution in [0.5, 0.6) is 5.88 Å². The molecule has 0 aromatic carbocycles. The molecule has 132 valence electrons. The predicted octanol–water partition coefficient (Wildman–Crippen LogP) is 2.06. The Bertz CT molecular complexity index is 630. The van der Waals surface area contributed by atoms with Gasteiger partial charge in [-0.15, -0.1) is 0 Å². The fourth-order valence-corrected chi connectivity index (χ4v) is 1.99. The first-order valence-corrected chi connectivity index (χ1v) is 7.47. The number of ketones is 1. The lowest BCUT2D eigenvalue weighted by Gasteiger charge is -2.17. The normalized spacial score (nSPS) is 15.8. The van der Waals surface area contributed by atoms with Crippen LogP contribution < -0.4 is 5.32 Å². The van der Waals surface area contributed by atoms with Gasteiger partial charge in [0.15, 0.2) is 11.8 Å². The summed E-state index contributed by atoms with van der Waals surface area (Å²) in [5.41, 5.74) is -1.85. The van der Waals surface area contributed by atoms with E-state index in [2.05, 4.69) is 10.3 Å². The molecule has 1 atom stereocenters. The largest absolute Gasteiger partial charge is 0.493 e. The maximum absolute atomic E-state index is 12.8.